The first-order chi connectivity index (χ1) is 5.66. The molecule has 0 aliphatic carbocycles. The Labute approximate surface area is 89.0 Å². The molecule has 3 heteroatoms. The summed E-state index contributed by atoms with van der Waals surface area (Å²) in [5.41, 5.74) is 3.77. The lowest BCUT2D eigenvalue weighted by atomic mass is 10.1. The molecule has 0 fully saturated rings. The summed E-state index contributed by atoms with van der Waals surface area (Å²) < 4.78 is 2.45. The summed E-state index contributed by atoms with van der Waals surface area (Å²) in [5, 5.41) is 0. The molecule has 1 aromatic heterocycles. The van der Waals surface area contributed by atoms with Gasteiger partial charge in [0.25, 0.3) is 0 Å². The second-order valence-electron chi connectivity index (χ2n) is 2.90. The standard InChI is InChI=1S/C9H8INS/c1-5-3-6(2)8-7(4-5)11-9(10)12-8/h3-4H,1-2H3. The maximum atomic E-state index is 4.44. The third kappa shape index (κ3) is 1.35. The van der Waals surface area contributed by atoms with Gasteiger partial charge in [0.15, 0.2) is 3.01 Å². The van der Waals surface area contributed by atoms with Crippen LogP contribution in [0.2, 0.25) is 0 Å². The highest BCUT2D eigenvalue weighted by Gasteiger charge is 2.03. The Morgan fingerprint density at radius 2 is 2.08 bits per heavy atom. The van der Waals surface area contributed by atoms with Crippen molar-refractivity contribution in [2.45, 2.75) is 13.8 Å². The van der Waals surface area contributed by atoms with E-state index in [1.807, 2.05) is 0 Å². The van der Waals surface area contributed by atoms with Crippen LogP contribution in [-0.2, 0) is 0 Å². The smallest absolute Gasteiger partial charge is 0.155 e. The van der Waals surface area contributed by atoms with Crippen LogP contribution in [-0.4, -0.2) is 4.98 Å². The molecule has 0 spiro atoms. The van der Waals surface area contributed by atoms with E-state index in [2.05, 4.69) is 53.6 Å². The topological polar surface area (TPSA) is 12.9 Å². The van der Waals surface area contributed by atoms with Crippen LogP contribution in [0.15, 0.2) is 12.1 Å². The molecule has 0 N–H and O–H groups in total. The molecule has 0 aliphatic rings. The Kier molecular flexibility index (Phi) is 2.08. The van der Waals surface area contributed by atoms with Crippen molar-refractivity contribution in [3.63, 3.8) is 0 Å². The predicted molar refractivity (Wildman–Crippen MR) is 61.8 cm³/mol. The zero-order valence-electron chi connectivity index (χ0n) is 6.89. The van der Waals surface area contributed by atoms with Crippen LogP contribution in [0.4, 0.5) is 0 Å². The summed E-state index contributed by atoms with van der Waals surface area (Å²) >= 11 is 4.03. The van der Waals surface area contributed by atoms with Crippen LogP contribution in [0.3, 0.4) is 0 Å². The quantitative estimate of drug-likeness (QED) is 0.676. The van der Waals surface area contributed by atoms with Crippen LogP contribution in [0.1, 0.15) is 11.1 Å². The van der Waals surface area contributed by atoms with Gasteiger partial charge >= 0.3 is 0 Å². The first-order valence-corrected chi connectivity index (χ1v) is 5.59. The molecule has 0 atom stereocenters. The van der Waals surface area contributed by atoms with Gasteiger partial charge in [0.05, 0.1) is 10.2 Å². The molecular weight excluding hydrogens is 281 g/mol. The van der Waals surface area contributed by atoms with E-state index in [1.54, 1.807) is 11.3 Å². The Bertz CT molecular complexity index is 433. The van der Waals surface area contributed by atoms with Crippen molar-refractivity contribution in [1.29, 1.82) is 0 Å². The fourth-order valence-electron chi connectivity index (χ4n) is 1.35. The third-order valence-electron chi connectivity index (χ3n) is 1.79. The van der Waals surface area contributed by atoms with E-state index in [0.717, 1.165) is 8.53 Å². The van der Waals surface area contributed by atoms with Crippen LogP contribution >= 0.6 is 33.9 Å². The monoisotopic (exact) mass is 289 g/mol. The summed E-state index contributed by atoms with van der Waals surface area (Å²) in [6.07, 6.45) is 0. The fourth-order valence-corrected chi connectivity index (χ4v) is 3.01. The van der Waals surface area contributed by atoms with Gasteiger partial charge in [-0.1, -0.05) is 6.07 Å². The van der Waals surface area contributed by atoms with Crippen molar-refractivity contribution >= 4 is 44.1 Å². The summed E-state index contributed by atoms with van der Waals surface area (Å²) in [7, 11) is 0. The number of benzene rings is 1. The number of thiazole rings is 1. The number of aromatic nitrogens is 1. The number of rotatable bonds is 0. The second kappa shape index (κ2) is 2.96. The van der Waals surface area contributed by atoms with Gasteiger partial charge in [0.1, 0.15) is 0 Å². The van der Waals surface area contributed by atoms with Crippen LogP contribution in [0.25, 0.3) is 10.2 Å². The lowest BCUT2D eigenvalue weighted by molar-refractivity contribution is 1.39. The molecule has 1 nitrogen and oxygen atoms in total. The molecular formula is C9H8INS. The van der Waals surface area contributed by atoms with Crippen molar-refractivity contribution in [3.8, 4) is 0 Å². The van der Waals surface area contributed by atoms with Crippen LogP contribution in [0, 0.1) is 16.9 Å². The second-order valence-corrected chi connectivity index (χ2v) is 5.65. The zero-order valence-corrected chi connectivity index (χ0v) is 9.86. The number of nitrogens with zero attached hydrogens (tertiary/aromatic N) is 1. The molecule has 62 valence electrons. The third-order valence-corrected chi connectivity index (χ3v) is 3.69. The van der Waals surface area contributed by atoms with E-state index in [1.165, 1.54) is 15.8 Å². The number of fused-ring (bicyclic) bond motifs is 1. The van der Waals surface area contributed by atoms with Gasteiger partial charge in [-0.05, 0) is 53.6 Å². The van der Waals surface area contributed by atoms with E-state index < -0.39 is 0 Å². The minimum Gasteiger partial charge on any atom is -0.230 e. The number of halogens is 1. The molecule has 0 bridgehead atoms. The number of hydrogen-bond donors (Lipinski definition) is 0. The molecule has 1 aromatic carbocycles. The summed E-state index contributed by atoms with van der Waals surface area (Å²) in [6.45, 7) is 4.25. The first-order valence-electron chi connectivity index (χ1n) is 3.70. The fraction of sp³-hybridized carbons (Fsp3) is 0.222. The Morgan fingerprint density at radius 3 is 2.83 bits per heavy atom. The molecule has 0 saturated carbocycles. The highest BCUT2D eigenvalue weighted by atomic mass is 127. The molecule has 12 heavy (non-hydrogen) atoms. The SMILES string of the molecule is Cc1cc(C)c2sc(I)nc2c1. The highest BCUT2D eigenvalue weighted by molar-refractivity contribution is 14.1. The first kappa shape index (κ1) is 8.44. The Hall–Kier alpha value is -0.160. The predicted octanol–water partition coefficient (Wildman–Crippen LogP) is 3.52. The maximum absolute atomic E-state index is 4.44. The average Bonchev–Trinajstić information content (AvgIpc) is 2.29. The van der Waals surface area contributed by atoms with Crippen molar-refractivity contribution in [2.24, 2.45) is 0 Å². The minimum absolute atomic E-state index is 1.12. The molecule has 0 saturated heterocycles. The molecule has 0 aliphatic heterocycles. The van der Waals surface area contributed by atoms with Gasteiger partial charge in [-0.3, -0.25) is 0 Å². The van der Waals surface area contributed by atoms with Gasteiger partial charge in [0.2, 0.25) is 0 Å². The molecule has 2 rings (SSSR count). The van der Waals surface area contributed by atoms with Gasteiger partial charge in [0, 0.05) is 0 Å². The van der Waals surface area contributed by atoms with Crippen molar-refractivity contribution < 1.29 is 0 Å². The summed E-state index contributed by atoms with van der Waals surface area (Å²) in [5.74, 6) is 0. The molecule has 0 unspecified atom stereocenters. The lowest BCUT2D eigenvalue weighted by Gasteiger charge is -1.95. The molecule has 2 aromatic rings. The van der Waals surface area contributed by atoms with E-state index >= 15 is 0 Å². The summed E-state index contributed by atoms with van der Waals surface area (Å²) in [6, 6.07) is 4.34. The van der Waals surface area contributed by atoms with Crippen LogP contribution < -0.4 is 0 Å². The van der Waals surface area contributed by atoms with Gasteiger partial charge in [-0.2, -0.15) is 0 Å². The van der Waals surface area contributed by atoms with Crippen molar-refractivity contribution in [1.82, 2.24) is 4.98 Å². The molecule has 1 heterocycles. The molecule has 0 amide bonds. The van der Waals surface area contributed by atoms with Crippen molar-refractivity contribution in [2.75, 3.05) is 0 Å². The van der Waals surface area contributed by atoms with E-state index in [-0.39, 0.29) is 0 Å². The average molecular weight is 289 g/mol. The zero-order chi connectivity index (χ0) is 8.72. The van der Waals surface area contributed by atoms with E-state index in [9.17, 15) is 0 Å². The molecule has 0 radical (unpaired) electrons. The van der Waals surface area contributed by atoms with Gasteiger partial charge in [-0.15, -0.1) is 11.3 Å². The van der Waals surface area contributed by atoms with Crippen LogP contribution in [0.5, 0.6) is 0 Å². The summed E-state index contributed by atoms with van der Waals surface area (Å²) in [4.78, 5) is 4.44. The normalized spacial score (nSPS) is 10.9. The lowest BCUT2D eigenvalue weighted by Crippen LogP contribution is -1.77. The van der Waals surface area contributed by atoms with E-state index in [0.29, 0.717) is 0 Å². The number of hydrogen-bond acceptors (Lipinski definition) is 2. The highest BCUT2D eigenvalue weighted by Crippen LogP contribution is 2.27. The van der Waals surface area contributed by atoms with Gasteiger partial charge < -0.3 is 0 Å². The Balaban J connectivity index is 2.88. The minimum atomic E-state index is 1.12. The maximum Gasteiger partial charge on any atom is 0.155 e. The van der Waals surface area contributed by atoms with Crippen molar-refractivity contribution in [3.05, 3.63) is 26.3 Å². The van der Waals surface area contributed by atoms with E-state index in [4.69, 9.17) is 0 Å². The Morgan fingerprint density at radius 1 is 1.33 bits per heavy atom. The largest absolute Gasteiger partial charge is 0.230 e. The number of aryl methyl sites for hydroxylation is 2. The van der Waals surface area contributed by atoms with Gasteiger partial charge in [-0.25, -0.2) is 4.98 Å².